The van der Waals surface area contributed by atoms with Crippen molar-refractivity contribution >= 4 is 16.8 Å². The number of para-hydroxylation sites is 1. The number of nitrogens with zero attached hydrogens (tertiary/aromatic N) is 2. The number of carbonyl (C=O) groups is 1. The van der Waals surface area contributed by atoms with E-state index in [1.165, 1.54) is 32.1 Å². The van der Waals surface area contributed by atoms with Gasteiger partial charge in [-0.15, -0.1) is 0 Å². The van der Waals surface area contributed by atoms with Crippen LogP contribution < -0.4 is 0 Å². The monoisotopic (exact) mass is 296 g/mol. The maximum atomic E-state index is 12.4. The molecule has 1 saturated carbocycles. The molecule has 1 aliphatic rings. The quantitative estimate of drug-likeness (QED) is 0.855. The largest absolute Gasteiger partial charge is 0.343 e. The highest BCUT2D eigenvalue weighted by Gasteiger charge is 2.21. The molecule has 0 N–H and O–H groups in total. The van der Waals surface area contributed by atoms with Gasteiger partial charge < -0.3 is 4.90 Å². The van der Waals surface area contributed by atoms with E-state index in [4.69, 9.17) is 0 Å². The molecule has 1 aromatic carbocycles. The second kappa shape index (κ2) is 6.91. The number of amides is 1. The smallest absolute Gasteiger partial charge is 0.222 e. The topological polar surface area (TPSA) is 33.2 Å². The number of rotatable bonds is 4. The molecule has 0 saturated heterocycles. The van der Waals surface area contributed by atoms with Gasteiger partial charge in [-0.3, -0.25) is 9.78 Å². The number of benzene rings is 1. The Balaban J connectivity index is 1.59. The van der Waals surface area contributed by atoms with Crippen molar-refractivity contribution in [3.8, 4) is 0 Å². The van der Waals surface area contributed by atoms with Crippen molar-refractivity contribution in [3.63, 3.8) is 0 Å². The SMILES string of the molecule is CN(C(=O)CCc1cnc2ccccc2c1)C1CCCCC1. The van der Waals surface area contributed by atoms with Gasteiger partial charge in [0, 0.05) is 31.1 Å². The summed E-state index contributed by atoms with van der Waals surface area (Å²) in [7, 11) is 1.97. The summed E-state index contributed by atoms with van der Waals surface area (Å²) in [5, 5.41) is 1.15. The molecule has 1 aromatic heterocycles. The minimum absolute atomic E-state index is 0.264. The standard InChI is InChI=1S/C19H24N2O/c1-21(17-8-3-2-4-9-17)19(22)12-11-15-13-16-7-5-6-10-18(16)20-14-15/h5-7,10,13-14,17H,2-4,8-9,11-12H2,1H3. The summed E-state index contributed by atoms with van der Waals surface area (Å²) in [6.45, 7) is 0. The highest BCUT2D eigenvalue weighted by Crippen LogP contribution is 2.22. The van der Waals surface area contributed by atoms with Gasteiger partial charge in [-0.05, 0) is 37.0 Å². The number of hydrogen-bond acceptors (Lipinski definition) is 2. The van der Waals surface area contributed by atoms with Crippen LogP contribution in [0.4, 0.5) is 0 Å². The van der Waals surface area contributed by atoms with Gasteiger partial charge in [0.2, 0.25) is 5.91 Å². The second-order valence-electron chi connectivity index (χ2n) is 6.33. The third-order valence-electron chi connectivity index (χ3n) is 4.79. The number of fused-ring (bicyclic) bond motifs is 1. The maximum Gasteiger partial charge on any atom is 0.222 e. The predicted octanol–water partition coefficient (Wildman–Crippen LogP) is 3.96. The molecular formula is C19H24N2O. The zero-order chi connectivity index (χ0) is 15.4. The molecule has 0 aliphatic heterocycles. The van der Waals surface area contributed by atoms with E-state index in [-0.39, 0.29) is 5.91 Å². The molecule has 0 atom stereocenters. The third-order valence-corrected chi connectivity index (χ3v) is 4.79. The third kappa shape index (κ3) is 3.46. The number of aromatic nitrogens is 1. The molecule has 3 nitrogen and oxygen atoms in total. The second-order valence-corrected chi connectivity index (χ2v) is 6.33. The molecular weight excluding hydrogens is 272 g/mol. The van der Waals surface area contributed by atoms with Gasteiger partial charge in [0.15, 0.2) is 0 Å². The molecule has 1 aliphatic carbocycles. The Labute approximate surface area is 132 Å². The zero-order valence-electron chi connectivity index (χ0n) is 13.3. The molecule has 3 heteroatoms. The van der Waals surface area contributed by atoms with Crippen molar-refractivity contribution in [2.45, 2.75) is 51.0 Å². The molecule has 1 amide bonds. The maximum absolute atomic E-state index is 12.4. The molecule has 0 unspecified atom stereocenters. The minimum atomic E-state index is 0.264. The Morgan fingerprint density at radius 1 is 1.23 bits per heavy atom. The zero-order valence-corrected chi connectivity index (χ0v) is 13.3. The lowest BCUT2D eigenvalue weighted by molar-refractivity contribution is -0.132. The summed E-state index contributed by atoms with van der Waals surface area (Å²) in [6, 6.07) is 10.7. The van der Waals surface area contributed by atoms with Crippen LogP contribution >= 0.6 is 0 Å². The summed E-state index contributed by atoms with van der Waals surface area (Å²) < 4.78 is 0. The molecule has 1 fully saturated rings. The summed E-state index contributed by atoms with van der Waals surface area (Å²) in [6.07, 6.45) is 9.42. The molecule has 2 aromatic rings. The van der Waals surface area contributed by atoms with E-state index in [0.29, 0.717) is 12.5 Å². The number of pyridine rings is 1. The Morgan fingerprint density at radius 2 is 2.00 bits per heavy atom. The summed E-state index contributed by atoms with van der Waals surface area (Å²) in [4.78, 5) is 18.8. The van der Waals surface area contributed by atoms with E-state index in [1.54, 1.807) is 0 Å². The molecule has 0 bridgehead atoms. The average molecular weight is 296 g/mol. The van der Waals surface area contributed by atoms with Crippen molar-refractivity contribution in [2.24, 2.45) is 0 Å². The Morgan fingerprint density at radius 3 is 2.82 bits per heavy atom. The fourth-order valence-electron chi connectivity index (χ4n) is 3.35. The molecule has 1 heterocycles. The highest BCUT2D eigenvalue weighted by molar-refractivity contribution is 5.79. The van der Waals surface area contributed by atoms with Gasteiger partial charge in [-0.1, -0.05) is 37.5 Å². The molecule has 0 radical (unpaired) electrons. The first-order valence-corrected chi connectivity index (χ1v) is 8.33. The van der Waals surface area contributed by atoms with E-state index >= 15 is 0 Å². The fraction of sp³-hybridized carbons (Fsp3) is 0.474. The molecule has 116 valence electrons. The van der Waals surface area contributed by atoms with Gasteiger partial charge in [0.25, 0.3) is 0 Å². The summed E-state index contributed by atoms with van der Waals surface area (Å²) >= 11 is 0. The highest BCUT2D eigenvalue weighted by atomic mass is 16.2. The van der Waals surface area contributed by atoms with Crippen LogP contribution in [-0.2, 0) is 11.2 Å². The lowest BCUT2D eigenvalue weighted by Crippen LogP contribution is -2.38. The van der Waals surface area contributed by atoms with Crippen LogP contribution in [0.25, 0.3) is 10.9 Å². The number of aryl methyl sites for hydroxylation is 1. The summed E-state index contributed by atoms with van der Waals surface area (Å²) in [5.41, 5.74) is 2.15. The minimum Gasteiger partial charge on any atom is -0.343 e. The van der Waals surface area contributed by atoms with Crippen LogP contribution in [-0.4, -0.2) is 28.9 Å². The summed E-state index contributed by atoms with van der Waals surface area (Å²) in [5.74, 6) is 0.264. The molecule has 0 spiro atoms. The first kappa shape index (κ1) is 15.0. The van der Waals surface area contributed by atoms with E-state index in [2.05, 4.69) is 17.1 Å². The van der Waals surface area contributed by atoms with Gasteiger partial charge in [-0.2, -0.15) is 0 Å². The van der Waals surface area contributed by atoms with Crippen LogP contribution in [0, 0.1) is 0 Å². The lowest BCUT2D eigenvalue weighted by atomic mass is 9.94. The van der Waals surface area contributed by atoms with Crippen molar-refractivity contribution in [1.82, 2.24) is 9.88 Å². The van der Waals surface area contributed by atoms with E-state index < -0.39 is 0 Å². The Kier molecular flexibility index (Phi) is 4.71. The van der Waals surface area contributed by atoms with Crippen molar-refractivity contribution < 1.29 is 4.79 Å². The number of carbonyl (C=O) groups excluding carboxylic acids is 1. The van der Waals surface area contributed by atoms with Crippen LogP contribution in [0.1, 0.15) is 44.1 Å². The normalized spacial score (nSPS) is 15.9. The van der Waals surface area contributed by atoms with Crippen molar-refractivity contribution in [2.75, 3.05) is 7.05 Å². The van der Waals surface area contributed by atoms with E-state index in [9.17, 15) is 4.79 Å². The fourth-order valence-corrected chi connectivity index (χ4v) is 3.35. The van der Waals surface area contributed by atoms with Gasteiger partial charge in [0.1, 0.15) is 0 Å². The lowest BCUT2D eigenvalue weighted by Gasteiger charge is -2.31. The van der Waals surface area contributed by atoms with E-state index in [1.807, 2.05) is 36.3 Å². The molecule has 3 rings (SSSR count). The van der Waals surface area contributed by atoms with Gasteiger partial charge >= 0.3 is 0 Å². The van der Waals surface area contributed by atoms with Crippen LogP contribution in [0.2, 0.25) is 0 Å². The predicted molar refractivity (Wildman–Crippen MR) is 89.7 cm³/mol. The van der Waals surface area contributed by atoms with Crippen LogP contribution in [0.3, 0.4) is 0 Å². The Hall–Kier alpha value is -1.90. The van der Waals surface area contributed by atoms with E-state index in [0.717, 1.165) is 22.9 Å². The van der Waals surface area contributed by atoms with Crippen molar-refractivity contribution in [3.05, 3.63) is 42.1 Å². The average Bonchev–Trinajstić information content (AvgIpc) is 2.59. The van der Waals surface area contributed by atoms with Gasteiger partial charge in [-0.25, -0.2) is 0 Å². The first-order chi connectivity index (χ1) is 10.7. The molecule has 22 heavy (non-hydrogen) atoms. The van der Waals surface area contributed by atoms with Crippen LogP contribution in [0.15, 0.2) is 36.5 Å². The van der Waals surface area contributed by atoms with Gasteiger partial charge in [0.05, 0.1) is 5.52 Å². The van der Waals surface area contributed by atoms with Crippen LogP contribution in [0.5, 0.6) is 0 Å². The Bertz CT molecular complexity index is 647. The first-order valence-electron chi connectivity index (χ1n) is 8.33. The number of hydrogen-bond donors (Lipinski definition) is 0. The van der Waals surface area contributed by atoms with Crippen molar-refractivity contribution in [1.29, 1.82) is 0 Å².